The Morgan fingerprint density at radius 3 is 2.44 bits per heavy atom. The number of fused-ring (bicyclic) bond motifs is 5. The van der Waals surface area contributed by atoms with Gasteiger partial charge in [-0.05, 0) is 133 Å². The van der Waals surface area contributed by atoms with Gasteiger partial charge in [0.15, 0.2) is 5.11 Å². The number of rotatable bonds is 5. The molecule has 3 aromatic rings. The first-order valence-corrected chi connectivity index (χ1v) is 15.6. The zero-order chi connectivity index (χ0) is 28.7. The van der Waals surface area contributed by atoms with Gasteiger partial charge in [0.05, 0.1) is 11.8 Å². The number of benzene rings is 3. The molecule has 8 heteroatoms. The molecule has 2 saturated carbocycles. The maximum Gasteiger partial charge on any atom is 0.191 e. The second kappa shape index (κ2) is 11.6. The predicted molar refractivity (Wildman–Crippen MR) is 171 cm³/mol. The second-order valence-electron chi connectivity index (χ2n) is 12.0. The van der Waals surface area contributed by atoms with Crippen LogP contribution >= 0.6 is 35.4 Å². The van der Waals surface area contributed by atoms with Crippen LogP contribution in [0.2, 0.25) is 10.0 Å². The van der Waals surface area contributed by atoms with Gasteiger partial charge in [-0.2, -0.15) is 5.10 Å². The number of halogens is 2. The number of phenolic OH excluding ortho intramolecular Hbond substituents is 1. The zero-order valence-electron chi connectivity index (χ0n) is 23.0. The number of hydrazone groups is 1. The van der Waals surface area contributed by atoms with Crippen LogP contribution in [0, 0.1) is 17.3 Å². The number of aliphatic hydroxyl groups is 1. The number of aryl methyl sites for hydroxylation is 1. The van der Waals surface area contributed by atoms with Crippen LogP contribution in [0.3, 0.4) is 0 Å². The third-order valence-corrected chi connectivity index (χ3v) is 10.5. The Labute approximate surface area is 257 Å². The van der Waals surface area contributed by atoms with Gasteiger partial charge in [-0.25, -0.2) is 0 Å². The second-order valence-corrected chi connectivity index (χ2v) is 13.3. The van der Waals surface area contributed by atoms with Crippen molar-refractivity contribution in [2.24, 2.45) is 22.4 Å². The molecule has 6 rings (SSSR count). The Balaban J connectivity index is 1.27. The average Bonchev–Trinajstić information content (AvgIpc) is 3.27. The Bertz CT molecular complexity index is 1480. The van der Waals surface area contributed by atoms with E-state index in [1.54, 1.807) is 12.1 Å². The van der Waals surface area contributed by atoms with Crippen LogP contribution in [-0.4, -0.2) is 27.1 Å². The van der Waals surface area contributed by atoms with E-state index >= 15 is 0 Å². The maximum absolute atomic E-state index is 11.1. The number of aromatic hydroxyl groups is 1. The molecule has 3 aromatic carbocycles. The van der Waals surface area contributed by atoms with Crippen molar-refractivity contribution in [3.63, 3.8) is 0 Å². The highest BCUT2D eigenvalue weighted by Crippen LogP contribution is 2.61. The summed E-state index contributed by atoms with van der Waals surface area (Å²) in [6.07, 6.45) is 6.50. The summed E-state index contributed by atoms with van der Waals surface area (Å²) in [5.74, 6) is 1.90. The lowest BCUT2D eigenvalue weighted by atomic mass is 9.55. The predicted octanol–water partition coefficient (Wildman–Crippen LogP) is 7.85. The van der Waals surface area contributed by atoms with Crippen LogP contribution in [0.4, 0.5) is 5.69 Å². The summed E-state index contributed by atoms with van der Waals surface area (Å²) in [6, 6.07) is 19.0. The first-order chi connectivity index (χ1) is 19.7. The van der Waals surface area contributed by atoms with Gasteiger partial charge in [-0.3, -0.25) is 5.43 Å². The first-order valence-electron chi connectivity index (χ1n) is 14.4. The van der Waals surface area contributed by atoms with Crippen molar-refractivity contribution >= 4 is 51.9 Å². The molecule has 214 valence electrons. The molecule has 0 radical (unpaired) electrons. The standard InChI is InChI=1S/C33H35Cl2N3O2S/c1-33-15-14-25-26(28(33)12-13-31(33)40)11-4-20-18-30(39)21(16-27(20)25)17-29(19-2-5-22(34)6-3-19)37-38-32(41)36-24-9-7-23(35)8-10-24/h2-3,5-10,16,18,25-26,28,31,39-40H,4,11-15,17H2,1H3,(H2,36,38,41)/b37-29+/t25-,26+,28-,31-,33-/m0/s1. The summed E-state index contributed by atoms with van der Waals surface area (Å²) < 4.78 is 0. The quantitative estimate of drug-likeness (QED) is 0.135. The molecule has 3 aliphatic rings. The fourth-order valence-corrected chi connectivity index (χ4v) is 8.02. The number of nitrogens with one attached hydrogen (secondary N) is 2. The molecule has 41 heavy (non-hydrogen) atoms. The lowest BCUT2D eigenvalue weighted by molar-refractivity contribution is -0.0226. The molecule has 0 aliphatic heterocycles. The third kappa shape index (κ3) is 5.72. The highest BCUT2D eigenvalue weighted by Gasteiger charge is 2.54. The molecule has 4 N–H and O–H groups in total. The van der Waals surface area contributed by atoms with Gasteiger partial charge in [-0.1, -0.05) is 48.3 Å². The number of thiocarbonyl (C=S) groups is 1. The van der Waals surface area contributed by atoms with Crippen molar-refractivity contribution in [1.82, 2.24) is 5.43 Å². The van der Waals surface area contributed by atoms with E-state index in [2.05, 4.69) is 28.8 Å². The molecule has 5 atom stereocenters. The summed E-state index contributed by atoms with van der Waals surface area (Å²) in [7, 11) is 0. The van der Waals surface area contributed by atoms with Gasteiger partial charge in [0.1, 0.15) is 5.75 Å². The van der Waals surface area contributed by atoms with Gasteiger partial charge in [-0.15, -0.1) is 0 Å². The lowest BCUT2D eigenvalue weighted by Gasteiger charge is -2.50. The minimum atomic E-state index is -0.184. The fraction of sp³-hybridized carbons (Fsp3) is 0.394. The number of hydrogen-bond acceptors (Lipinski definition) is 4. The third-order valence-electron chi connectivity index (χ3n) is 9.80. The largest absolute Gasteiger partial charge is 0.508 e. The Morgan fingerprint density at radius 2 is 1.71 bits per heavy atom. The lowest BCUT2D eigenvalue weighted by Crippen LogP contribution is -2.43. The first kappa shape index (κ1) is 28.5. The van der Waals surface area contributed by atoms with Gasteiger partial charge < -0.3 is 15.5 Å². The van der Waals surface area contributed by atoms with Crippen molar-refractivity contribution < 1.29 is 10.2 Å². The van der Waals surface area contributed by atoms with Crippen LogP contribution in [0.15, 0.2) is 65.8 Å². The SMILES string of the molecule is C[C@]12CC[C@@H]3c4cc(C/C(=N\NC(=S)Nc5ccc(Cl)cc5)c5ccc(Cl)cc5)c(O)cc4CC[C@H]3[C@@H]1CC[C@@H]2O. The summed E-state index contributed by atoms with van der Waals surface area (Å²) in [4.78, 5) is 0. The fourth-order valence-electron chi connectivity index (χ4n) is 7.61. The van der Waals surface area contributed by atoms with Crippen LogP contribution in [-0.2, 0) is 12.8 Å². The molecular formula is C33H35Cl2N3O2S. The molecule has 2 fully saturated rings. The van der Waals surface area contributed by atoms with Gasteiger partial charge in [0, 0.05) is 27.7 Å². The molecule has 0 saturated heterocycles. The molecule has 0 unspecified atom stereocenters. The summed E-state index contributed by atoms with van der Waals surface area (Å²) in [6.45, 7) is 2.30. The maximum atomic E-state index is 11.1. The van der Waals surface area contributed by atoms with Crippen LogP contribution in [0.1, 0.15) is 67.2 Å². The smallest absolute Gasteiger partial charge is 0.191 e. The Hall–Kier alpha value is -2.64. The van der Waals surface area contributed by atoms with Gasteiger partial charge in [0.25, 0.3) is 0 Å². The van der Waals surface area contributed by atoms with E-state index < -0.39 is 0 Å². The van der Waals surface area contributed by atoms with Crippen LogP contribution in [0.5, 0.6) is 5.75 Å². The van der Waals surface area contributed by atoms with E-state index in [-0.39, 0.29) is 11.5 Å². The van der Waals surface area contributed by atoms with Crippen molar-refractivity contribution in [2.45, 2.75) is 63.9 Å². The average molecular weight is 609 g/mol. The van der Waals surface area contributed by atoms with E-state index in [0.29, 0.717) is 45.1 Å². The number of hydrogen-bond donors (Lipinski definition) is 4. The number of aliphatic hydroxyl groups excluding tert-OH is 1. The van der Waals surface area contributed by atoms with Crippen molar-refractivity contribution in [1.29, 1.82) is 0 Å². The minimum Gasteiger partial charge on any atom is -0.508 e. The minimum absolute atomic E-state index is 0.0387. The van der Waals surface area contributed by atoms with E-state index in [1.807, 2.05) is 42.5 Å². The number of phenols is 1. The monoisotopic (exact) mass is 607 g/mol. The summed E-state index contributed by atoms with van der Waals surface area (Å²) >= 11 is 17.7. The summed E-state index contributed by atoms with van der Waals surface area (Å²) in [5, 5.41) is 31.4. The van der Waals surface area contributed by atoms with Crippen molar-refractivity contribution in [3.05, 3.63) is 93.0 Å². The van der Waals surface area contributed by atoms with Gasteiger partial charge >= 0.3 is 0 Å². The summed E-state index contributed by atoms with van der Waals surface area (Å²) in [5.41, 5.74) is 8.90. The zero-order valence-corrected chi connectivity index (χ0v) is 25.4. The molecule has 0 aromatic heterocycles. The molecular weight excluding hydrogens is 573 g/mol. The van der Waals surface area contributed by atoms with Crippen LogP contribution in [0.25, 0.3) is 0 Å². The molecule has 5 nitrogen and oxygen atoms in total. The van der Waals surface area contributed by atoms with E-state index in [4.69, 9.17) is 35.4 Å². The van der Waals surface area contributed by atoms with Crippen molar-refractivity contribution in [2.75, 3.05) is 5.32 Å². The molecule has 0 amide bonds. The Morgan fingerprint density at radius 1 is 1.00 bits per heavy atom. The van der Waals surface area contributed by atoms with E-state index in [9.17, 15) is 10.2 Å². The van der Waals surface area contributed by atoms with Crippen LogP contribution < -0.4 is 10.7 Å². The van der Waals surface area contributed by atoms with E-state index in [0.717, 1.165) is 61.1 Å². The van der Waals surface area contributed by atoms with Gasteiger partial charge in [0.2, 0.25) is 0 Å². The molecule has 3 aliphatic carbocycles. The molecule has 0 bridgehead atoms. The topological polar surface area (TPSA) is 76.9 Å². The highest BCUT2D eigenvalue weighted by atomic mass is 35.5. The molecule has 0 spiro atoms. The normalized spacial score (nSPS) is 27.0. The van der Waals surface area contributed by atoms with Crippen molar-refractivity contribution in [3.8, 4) is 5.75 Å². The number of anilines is 1. The highest BCUT2D eigenvalue weighted by molar-refractivity contribution is 7.80. The van der Waals surface area contributed by atoms with E-state index in [1.165, 1.54) is 11.1 Å². The Kier molecular flexibility index (Phi) is 8.03. The number of nitrogens with zero attached hydrogens (tertiary/aromatic N) is 1. The molecule has 0 heterocycles.